The molecule has 0 bridgehead atoms. The Bertz CT molecular complexity index is 1420. The van der Waals surface area contributed by atoms with Gasteiger partial charge in [-0.2, -0.15) is 13.2 Å². The van der Waals surface area contributed by atoms with Gasteiger partial charge in [-0.3, -0.25) is 0 Å². The summed E-state index contributed by atoms with van der Waals surface area (Å²) in [6.45, 7) is 10.4. The molecule has 10 heteroatoms. The van der Waals surface area contributed by atoms with Crippen molar-refractivity contribution in [3.8, 4) is 11.5 Å². The first-order chi connectivity index (χ1) is 21.9. The Morgan fingerprint density at radius 2 is 1.39 bits per heavy atom. The highest BCUT2D eigenvalue weighted by Gasteiger charge is 2.34. The standard InChI is InChI=1S/C21H23F3N2O2.C15H21NO2/c1-14(12-15(2)27)16-6-8-17(9-7-16)28-18-10-11-26(13-18)20-5-3-4-19(25-20)21(22,23)24;1-11(9-12(2)17)13-3-5-14(6-4-13)18-15-7-8-16-10-15/h3-9,14,18H,10-13H2,1-2H3;3-6,11,15-16H,7-10H2,1-2H3/t14-,18-;11-,15-/m11/s1. The van der Waals surface area contributed by atoms with Crippen LogP contribution in [0.1, 0.15) is 82.0 Å². The van der Waals surface area contributed by atoms with E-state index in [9.17, 15) is 22.8 Å². The van der Waals surface area contributed by atoms with Crippen LogP contribution in [0.3, 0.4) is 0 Å². The van der Waals surface area contributed by atoms with Gasteiger partial charge in [-0.05, 0) is 86.2 Å². The number of carbonyl (C=O) groups is 2. The van der Waals surface area contributed by atoms with Gasteiger partial charge in [0.15, 0.2) is 0 Å². The van der Waals surface area contributed by atoms with Crippen LogP contribution in [0.2, 0.25) is 0 Å². The van der Waals surface area contributed by atoms with Crippen molar-refractivity contribution >= 4 is 17.4 Å². The molecule has 3 heterocycles. The van der Waals surface area contributed by atoms with Crippen molar-refractivity contribution in [3.63, 3.8) is 0 Å². The van der Waals surface area contributed by atoms with Crippen LogP contribution in [-0.2, 0) is 15.8 Å². The van der Waals surface area contributed by atoms with Crippen LogP contribution in [0.15, 0.2) is 66.7 Å². The van der Waals surface area contributed by atoms with Crippen LogP contribution in [0.4, 0.5) is 19.0 Å². The molecule has 3 aromatic rings. The zero-order valence-electron chi connectivity index (χ0n) is 27.0. The number of anilines is 1. The number of Topliss-reactive ketones (excluding diaryl/α,β-unsaturated/α-hetero) is 2. The fourth-order valence-corrected chi connectivity index (χ4v) is 5.75. The van der Waals surface area contributed by atoms with Gasteiger partial charge in [0.2, 0.25) is 0 Å². The first-order valence-electron chi connectivity index (χ1n) is 15.9. The molecule has 2 aromatic carbocycles. The summed E-state index contributed by atoms with van der Waals surface area (Å²) in [6.07, 6.45) is -1.38. The maximum atomic E-state index is 12.9. The molecule has 0 aliphatic carbocycles. The Balaban J connectivity index is 0.000000230. The Labute approximate surface area is 269 Å². The van der Waals surface area contributed by atoms with Gasteiger partial charge in [-0.1, -0.05) is 44.2 Å². The number of alkyl halides is 3. The second-order valence-electron chi connectivity index (χ2n) is 12.3. The molecule has 2 fully saturated rings. The van der Waals surface area contributed by atoms with E-state index >= 15 is 0 Å². The highest BCUT2D eigenvalue weighted by molar-refractivity contribution is 5.76. The highest BCUT2D eigenvalue weighted by Crippen LogP contribution is 2.31. The molecule has 0 amide bonds. The van der Waals surface area contributed by atoms with E-state index in [0.29, 0.717) is 50.0 Å². The third kappa shape index (κ3) is 10.6. The van der Waals surface area contributed by atoms with Crippen molar-refractivity contribution < 1.29 is 32.2 Å². The van der Waals surface area contributed by atoms with Crippen LogP contribution in [0.25, 0.3) is 0 Å². The predicted octanol–water partition coefficient (Wildman–Crippen LogP) is 7.35. The van der Waals surface area contributed by atoms with Gasteiger partial charge < -0.3 is 29.3 Å². The number of nitrogens with zero attached hydrogens (tertiary/aromatic N) is 2. The lowest BCUT2D eigenvalue weighted by atomic mass is 9.96. The molecule has 0 spiro atoms. The molecule has 0 saturated carbocycles. The van der Waals surface area contributed by atoms with Gasteiger partial charge in [-0.25, -0.2) is 4.98 Å². The largest absolute Gasteiger partial charge is 0.489 e. The van der Waals surface area contributed by atoms with E-state index in [1.807, 2.05) is 48.2 Å². The van der Waals surface area contributed by atoms with Gasteiger partial charge in [0.25, 0.3) is 0 Å². The minimum atomic E-state index is -4.45. The van der Waals surface area contributed by atoms with Crippen molar-refractivity contribution in [1.82, 2.24) is 10.3 Å². The molecule has 1 aromatic heterocycles. The van der Waals surface area contributed by atoms with Gasteiger partial charge >= 0.3 is 6.18 Å². The summed E-state index contributed by atoms with van der Waals surface area (Å²) < 4.78 is 50.4. The number of carbonyl (C=O) groups excluding carboxylic acids is 2. The summed E-state index contributed by atoms with van der Waals surface area (Å²) in [5.41, 5.74) is 1.38. The van der Waals surface area contributed by atoms with Crippen molar-refractivity contribution in [1.29, 1.82) is 0 Å². The molecular formula is C36H44F3N3O4. The quantitative estimate of drug-likeness (QED) is 0.235. The molecule has 2 saturated heterocycles. The van der Waals surface area contributed by atoms with Crippen LogP contribution in [0, 0.1) is 0 Å². The van der Waals surface area contributed by atoms with Crippen molar-refractivity contribution in [3.05, 3.63) is 83.6 Å². The van der Waals surface area contributed by atoms with Gasteiger partial charge in [0, 0.05) is 32.4 Å². The average Bonchev–Trinajstić information content (AvgIpc) is 3.70. The van der Waals surface area contributed by atoms with Gasteiger partial charge in [-0.15, -0.1) is 0 Å². The molecule has 46 heavy (non-hydrogen) atoms. The summed E-state index contributed by atoms with van der Waals surface area (Å²) in [7, 11) is 0. The van der Waals surface area contributed by atoms with Crippen molar-refractivity contribution in [2.24, 2.45) is 0 Å². The zero-order chi connectivity index (χ0) is 33.3. The van der Waals surface area contributed by atoms with Crippen molar-refractivity contribution in [2.45, 2.75) is 83.6 Å². The van der Waals surface area contributed by atoms with Crippen molar-refractivity contribution in [2.75, 3.05) is 31.1 Å². The summed E-state index contributed by atoms with van der Waals surface area (Å²) in [5, 5.41) is 3.28. The second kappa shape index (κ2) is 16.1. The van der Waals surface area contributed by atoms with E-state index < -0.39 is 11.9 Å². The third-order valence-electron chi connectivity index (χ3n) is 8.20. The number of hydrogen-bond acceptors (Lipinski definition) is 7. The first kappa shape index (κ1) is 34.9. The number of ketones is 2. The molecule has 248 valence electrons. The summed E-state index contributed by atoms with van der Waals surface area (Å²) in [4.78, 5) is 27.9. The summed E-state index contributed by atoms with van der Waals surface area (Å²) in [5.74, 6) is 2.77. The smallest absolute Gasteiger partial charge is 0.433 e. The van der Waals surface area contributed by atoms with Crippen LogP contribution >= 0.6 is 0 Å². The van der Waals surface area contributed by atoms with E-state index in [0.717, 1.165) is 36.9 Å². The lowest BCUT2D eigenvalue weighted by molar-refractivity contribution is -0.141. The molecule has 1 N–H and O–H groups in total. The van der Waals surface area contributed by atoms with E-state index in [4.69, 9.17) is 9.47 Å². The number of rotatable bonds is 11. The fraction of sp³-hybridized carbons (Fsp3) is 0.472. The SMILES string of the molecule is CC(=O)C[C@@H](C)c1ccc(O[C@@H]2CCN(c3cccc(C(F)(F)F)n3)C2)cc1.CC(=O)C[C@@H](C)c1ccc(O[C@@H]2CCNC2)cc1. The number of nitrogens with one attached hydrogen (secondary N) is 1. The zero-order valence-corrected chi connectivity index (χ0v) is 27.0. The predicted molar refractivity (Wildman–Crippen MR) is 173 cm³/mol. The minimum Gasteiger partial charge on any atom is -0.489 e. The molecule has 4 atom stereocenters. The number of ether oxygens (including phenoxy) is 2. The molecule has 0 unspecified atom stereocenters. The van der Waals surface area contributed by atoms with Crippen LogP contribution < -0.4 is 19.7 Å². The Morgan fingerprint density at radius 3 is 1.87 bits per heavy atom. The van der Waals surface area contributed by atoms with Crippen LogP contribution in [-0.4, -0.2) is 54.9 Å². The maximum Gasteiger partial charge on any atom is 0.433 e. The molecule has 2 aliphatic rings. The normalized spacial score (nSPS) is 19.2. The molecule has 7 nitrogen and oxygen atoms in total. The highest BCUT2D eigenvalue weighted by atomic mass is 19.4. The van der Waals surface area contributed by atoms with Gasteiger partial charge in [0.1, 0.15) is 46.8 Å². The summed E-state index contributed by atoms with van der Waals surface area (Å²) in [6, 6.07) is 19.7. The lowest BCUT2D eigenvalue weighted by Crippen LogP contribution is -2.25. The van der Waals surface area contributed by atoms with E-state index in [2.05, 4.69) is 29.4 Å². The first-order valence-corrected chi connectivity index (χ1v) is 15.9. The number of pyridine rings is 1. The molecular weight excluding hydrogens is 595 g/mol. The summed E-state index contributed by atoms with van der Waals surface area (Å²) >= 11 is 0. The molecule has 5 rings (SSSR count). The maximum absolute atomic E-state index is 12.9. The number of halogens is 3. The number of benzene rings is 2. The second-order valence-corrected chi connectivity index (χ2v) is 12.3. The Morgan fingerprint density at radius 1 is 0.848 bits per heavy atom. The average molecular weight is 640 g/mol. The number of hydrogen-bond donors (Lipinski definition) is 1. The minimum absolute atomic E-state index is 0.114. The topological polar surface area (TPSA) is 80.8 Å². The molecule has 2 aliphatic heterocycles. The monoisotopic (exact) mass is 639 g/mol. The Kier molecular flexibility index (Phi) is 12.2. The van der Waals surface area contributed by atoms with E-state index in [1.54, 1.807) is 19.9 Å². The van der Waals surface area contributed by atoms with E-state index in [1.165, 1.54) is 11.6 Å². The molecule has 0 radical (unpaired) electrons. The number of aromatic nitrogens is 1. The Hall–Kier alpha value is -3.92. The lowest BCUT2D eigenvalue weighted by Gasteiger charge is -2.19. The third-order valence-corrected chi connectivity index (χ3v) is 8.20. The van der Waals surface area contributed by atoms with E-state index in [-0.39, 0.29) is 29.5 Å². The van der Waals surface area contributed by atoms with Gasteiger partial charge in [0.05, 0.1) is 6.54 Å². The van der Waals surface area contributed by atoms with Crippen LogP contribution in [0.5, 0.6) is 11.5 Å². The fourth-order valence-electron chi connectivity index (χ4n) is 5.75.